The maximum atomic E-state index is 11.1. The summed E-state index contributed by atoms with van der Waals surface area (Å²) < 4.78 is 0. The van der Waals surface area contributed by atoms with Gasteiger partial charge in [0.2, 0.25) is 0 Å². The van der Waals surface area contributed by atoms with Crippen LogP contribution < -0.4 is 9.78 Å². The largest absolute Gasteiger partial charge is 0.478 e. The maximum Gasteiger partial charge on any atom is 0.336 e. The summed E-state index contributed by atoms with van der Waals surface area (Å²) in [4.78, 5) is 53.8. The van der Waals surface area contributed by atoms with E-state index in [2.05, 4.69) is 0 Å². The van der Waals surface area contributed by atoms with Crippen molar-refractivity contribution in [1.29, 1.82) is 0 Å². The molecule has 26 heavy (non-hydrogen) atoms. The Bertz CT molecular complexity index is 840. The van der Waals surface area contributed by atoms with Crippen molar-refractivity contribution in [3.05, 3.63) is 58.7 Å². The first kappa shape index (κ1) is 18.3. The maximum absolute atomic E-state index is 11.1. The molecule has 10 heteroatoms. The molecule has 0 bridgehead atoms. The Morgan fingerprint density at radius 3 is 1.12 bits per heavy atom. The number of hydrogen-bond acceptors (Lipinski definition) is 6. The molecule has 0 spiro atoms. The van der Waals surface area contributed by atoms with Gasteiger partial charge in [-0.15, -0.1) is 0 Å². The summed E-state index contributed by atoms with van der Waals surface area (Å²) in [5.74, 6) is -6.19. The van der Waals surface area contributed by atoms with E-state index in [9.17, 15) is 19.2 Å². The van der Waals surface area contributed by atoms with Crippen molar-refractivity contribution in [3.63, 3.8) is 0 Å². The predicted molar refractivity (Wildman–Crippen MR) is 82.0 cm³/mol. The van der Waals surface area contributed by atoms with Crippen LogP contribution in [0.1, 0.15) is 41.4 Å². The first-order valence-electron chi connectivity index (χ1n) is 6.76. The average Bonchev–Trinajstić information content (AvgIpc) is 2.59. The zero-order valence-electron chi connectivity index (χ0n) is 12.7. The summed E-state index contributed by atoms with van der Waals surface area (Å²) >= 11 is 0. The number of carboxylic acid groups (broad SMARTS) is 4. The second kappa shape index (κ2) is 7.21. The van der Waals surface area contributed by atoms with E-state index >= 15 is 0 Å². The van der Waals surface area contributed by atoms with Crippen molar-refractivity contribution in [3.8, 4) is 11.5 Å². The molecule has 4 N–H and O–H groups in total. The van der Waals surface area contributed by atoms with E-state index in [0.29, 0.717) is 0 Å². The van der Waals surface area contributed by atoms with Crippen LogP contribution in [0.4, 0.5) is 0 Å². The van der Waals surface area contributed by atoms with Crippen molar-refractivity contribution in [2.75, 3.05) is 0 Å². The summed E-state index contributed by atoms with van der Waals surface area (Å²) in [6.45, 7) is 0. The molecule has 0 aromatic heterocycles. The van der Waals surface area contributed by atoms with Gasteiger partial charge in [-0.05, 0) is 24.3 Å². The number of carbonyl (C=O) groups is 4. The van der Waals surface area contributed by atoms with Crippen molar-refractivity contribution < 1.29 is 49.4 Å². The number of hydrogen-bond donors (Lipinski definition) is 4. The number of aromatic carboxylic acids is 4. The van der Waals surface area contributed by atoms with Gasteiger partial charge in [0, 0.05) is 12.1 Å². The first-order valence-corrected chi connectivity index (χ1v) is 6.76. The highest BCUT2D eigenvalue weighted by Gasteiger charge is 2.19. The van der Waals surface area contributed by atoms with E-state index < -0.39 is 46.1 Å². The minimum atomic E-state index is -1.49. The van der Waals surface area contributed by atoms with Gasteiger partial charge in [-0.25, -0.2) is 19.2 Å². The highest BCUT2D eigenvalue weighted by molar-refractivity contribution is 6.02. The molecule has 0 amide bonds. The lowest BCUT2D eigenvalue weighted by atomic mass is 10.1. The minimum Gasteiger partial charge on any atom is -0.478 e. The van der Waals surface area contributed by atoms with Crippen LogP contribution in [0.3, 0.4) is 0 Å². The third kappa shape index (κ3) is 3.87. The molecular formula is C16H10O10. The SMILES string of the molecule is O=C(O)c1ccc(OOc2ccc(C(=O)O)c(C(=O)O)c2)cc1C(=O)O. The normalized spacial score (nSPS) is 10.0. The Hall–Kier alpha value is -4.08. The second-order valence-electron chi connectivity index (χ2n) is 4.80. The van der Waals surface area contributed by atoms with Gasteiger partial charge in [0.25, 0.3) is 0 Å². The van der Waals surface area contributed by atoms with E-state index in [0.717, 1.165) is 36.4 Å². The molecule has 0 unspecified atom stereocenters. The third-order valence-electron chi connectivity index (χ3n) is 3.14. The lowest BCUT2D eigenvalue weighted by Crippen LogP contribution is -2.10. The quantitative estimate of drug-likeness (QED) is 0.421. The number of carboxylic acids is 4. The van der Waals surface area contributed by atoms with Crippen LogP contribution in [0.5, 0.6) is 11.5 Å². The molecule has 0 aliphatic rings. The van der Waals surface area contributed by atoms with Crippen LogP contribution in [-0.2, 0) is 0 Å². The molecule has 0 radical (unpaired) electrons. The molecule has 0 atom stereocenters. The molecule has 0 aliphatic carbocycles. The molecule has 0 fully saturated rings. The Labute approximate surface area is 144 Å². The lowest BCUT2D eigenvalue weighted by Gasteiger charge is -2.09. The molecular weight excluding hydrogens is 352 g/mol. The summed E-state index contributed by atoms with van der Waals surface area (Å²) in [6.07, 6.45) is 0. The summed E-state index contributed by atoms with van der Waals surface area (Å²) in [6, 6.07) is 6.10. The van der Waals surface area contributed by atoms with Crippen molar-refractivity contribution >= 4 is 23.9 Å². The third-order valence-corrected chi connectivity index (χ3v) is 3.14. The fourth-order valence-corrected chi connectivity index (χ4v) is 1.97. The molecule has 2 rings (SSSR count). The average molecular weight is 362 g/mol. The summed E-state index contributed by atoms with van der Waals surface area (Å²) in [7, 11) is 0. The van der Waals surface area contributed by atoms with Gasteiger partial charge >= 0.3 is 23.9 Å². The molecule has 0 saturated heterocycles. The lowest BCUT2D eigenvalue weighted by molar-refractivity contribution is -0.100. The van der Waals surface area contributed by atoms with Crippen LogP contribution in [0.25, 0.3) is 0 Å². The Morgan fingerprint density at radius 2 is 0.846 bits per heavy atom. The van der Waals surface area contributed by atoms with Crippen LogP contribution in [0, 0.1) is 0 Å². The van der Waals surface area contributed by atoms with E-state index in [1.165, 1.54) is 0 Å². The Balaban J connectivity index is 2.26. The summed E-state index contributed by atoms with van der Waals surface area (Å²) in [5.41, 5.74) is -1.98. The summed E-state index contributed by atoms with van der Waals surface area (Å²) in [5, 5.41) is 35.9. The van der Waals surface area contributed by atoms with E-state index in [-0.39, 0.29) is 11.5 Å². The van der Waals surface area contributed by atoms with Crippen molar-refractivity contribution in [2.24, 2.45) is 0 Å². The second-order valence-corrected chi connectivity index (χ2v) is 4.80. The van der Waals surface area contributed by atoms with Gasteiger partial charge in [0.05, 0.1) is 22.3 Å². The van der Waals surface area contributed by atoms with Gasteiger partial charge in [0.1, 0.15) is 0 Å². The zero-order valence-corrected chi connectivity index (χ0v) is 12.7. The van der Waals surface area contributed by atoms with Crippen LogP contribution in [-0.4, -0.2) is 44.3 Å². The first-order chi connectivity index (χ1) is 12.2. The van der Waals surface area contributed by atoms with E-state index in [1.54, 1.807) is 0 Å². The Morgan fingerprint density at radius 1 is 0.538 bits per heavy atom. The highest BCUT2D eigenvalue weighted by Crippen LogP contribution is 2.22. The molecule has 0 saturated carbocycles. The van der Waals surface area contributed by atoms with E-state index in [4.69, 9.17) is 30.2 Å². The van der Waals surface area contributed by atoms with Crippen molar-refractivity contribution in [1.82, 2.24) is 0 Å². The van der Waals surface area contributed by atoms with Crippen LogP contribution in [0.15, 0.2) is 36.4 Å². The molecule has 10 nitrogen and oxygen atoms in total. The van der Waals surface area contributed by atoms with Gasteiger partial charge in [-0.2, -0.15) is 0 Å². The van der Waals surface area contributed by atoms with Crippen molar-refractivity contribution in [2.45, 2.75) is 0 Å². The fraction of sp³-hybridized carbons (Fsp3) is 0. The molecule has 0 heterocycles. The van der Waals surface area contributed by atoms with Gasteiger partial charge in [-0.1, -0.05) is 0 Å². The fourth-order valence-electron chi connectivity index (χ4n) is 1.97. The number of benzene rings is 2. The van der Waals surface area contributed by atoms with Crippen LogP contribution >= 0.6 is 0 Å². The Kier molecular flexibility index (Phi) is 5.07. The predicted octanol–water partition coefficient (Wildman–Crippen LogP) is 1.85. The van der Waals surface area contributed by atoms with Gasteiger partial charge in [0.15, 0.2) is 11.5 Å². The molecule has 134 valence electrons. The molecule has 2 aromatic carbocycles. The minimum absolute atomic E-state index is 0.161. The monoisotopic (exact) mass is 362 g/mol. The number of rotatable bonds is 7. The van der Waals surface area contributed by atoms with Crippen LogP contribution in [0.2, 0.25) is 0 Å². The smallest absolute Gasteiger partial charge is 0.336 e. The zero-order chi connectivity index (χ0) is 19.4. The topological polar surface area (TPSA) is 168 Å². The molecule has 2 aromatic rings. The van der Waals surface area contributed by atoms with Gasteiger partial charge in [-0.3, -0.25) is 9.78 Å². The standard InChI is InChI=1S/C16H10O10/c17-13(18)9-3-1-7(5-11(9)15(21)22)25-26-8-2-4-10(14(19)20)12(6-8)16(23)24/h1-6H,(H,17,18)(H,19,20)(H,21,22)(H,23,24). The molecule has 0 aliphatic heterocycles. The van der Waals surface area contributed by atoms with Gasteiger partial charge < -0.3 is 20.4 Å². The highest BCUT2D eigenvalue weighted by atomic mass is 17.2. The van der Waals surface area contributed by atoms with E-state index in [1.807, 2.05) is 0 Å².